The Kier molecular flexibility index (Phi) is 3.93. The highest BCUT2D eigenvalue weighted by Crippen LogP contribution is 2.54. The number of anilines is 1. The van der Waals surface area contributed by atoms with E-state index in [0.717, 1.165) is 32.1 Å². The Hall–Kier alpha value is -1.14. The molecule has 1 fully saturated rings. The molecule has 4 nitrogen and oxygen atoms in total. The molecule has 1 aromatic carbocycles. The van der Waals surface area contributed by atoms with Gasteiger partial charge in [-0.2, -0.15) is 12.7 Å². The molecule has 22 heavy (non-hydrogen) atoms. The molecule has 0 unspecified atom stereocenters. The third-order valence-electron chi connectivity index (χ3n) is 5.05. The lowest BCUT2D eigenvalue weighted by atomic mass is 9.65. The van der Waals surface area contributed by atoms with Crippen molar-refractivity contribution >= 4 is 15.9 Å². The molecule has 0 radical (unpaired) electrons. The molecule has 3 rings (SSSR count). The quantitative estimate of drug-likeness (QED) is 0.834. The maximum atomic E-state index is 14.3. The third-order valence-corrected chi connectivity index (χ3v) is 6.90. The van der Waals surface area contributed by atoms with Crippen molar-refractivity contribution in [3.05, 3.63) is 29.6 Å². The fourth-order valence-corrected chi connectivity index (χ4v) is 5.07. The molecule has 6 heteroatoms. The van der Waals surface area contributed by atoms with E-state index in [1.165, 1.54) is 14.7 Å². The Morgan fingerprint density at radius 2 is 2.09 bits per heavy atom. The highest BCUT2D eigenvalue weighted by Gasteiger charge is 2.52. The SMILES string of the molecule is CCCCN(C)S(=O)(=O)N1CC2(CCC2)c2c(F)cccc21. The molecule has 1 aliphatic heterocycles. The highest BCUT2D eigenvalue weighted by molar-refractivity contribution is 7.90. The second kappa shape index (κ2) is 5.49. The first-order valence-corrected chi connectivity index (χ1v) is 9.35. The van der Waals surface area contributed by atoms with Gasteiger partial charge in [0.25, 0.3) is 0 Å². The topological polar surface area (TPSA) is 40.6 Å². The maximum absolute atomic E-state index is 14.3. The van der Waals surface area contributed by atoms with Gasteiger partial charge in [0, 0.05) is 31.1 Å². The van der Waals surface area contributed by atoms with E-state index >= 15 is 0 Å². The number of unbranched alkanes of at least 4 members (excludes halogenated alkanes) is 1. The number of fused-ring (bicyclic) bond motifs is 2. The molecular formula is C16H23FN2O2S. The van der Waals surface area contributed by atoms with Gasteiger partial charge in [-0.1, -0.05) is 25.8 Å². The molecule has 1 heterocycles. The van der Waals surface area contributed by atoms with Crippen molar-refractivity contribution in [3.8, 4) is 0 Å². The van der Waals surface area contributed by atoms with Crippen LogP contribution in [-0.4, -0.2) is 32.9 Å². The fraction of sp³-hybridized carbons (Fsp3) is 0.625. The summed E-state index contributed by atoms with van der Waals surface area (Å²) in [6.07, 6.45) is 4.53. The van der Waals surface area contributed by atoms with Gasteiger partial charge in [-0.3, -0.25) is 4.31 Å². The monoisotopic (exact) mass is 326 g/mol. The molecule has 0 amide bonds. The van der Waals surface area contributed by atoms with E-state index in [9.17, 15) is 12.8 Å². The molecule has 0 aromatic heterocycles. The molecule has 0 atom stereocenters. The molecule has 1 spiro atoms. The number of halogens is 1. The highest BCUT2D eigenvalue weighted by atomic mass is 32.2. The average Bonchev–Trinajstić information content (AvgIpc) is 2.82. The lowest BCUT2D eigenvalue weighted by Gasteiger charge is -2.39. The first kappa shape index (κ1) is 15.7. The van der Waals surface area contributed by atoms with Crippen LogP contribution in [0.5, 0.6) is 0 Å². The van der Waals surface area contributed by atoms with Gasteiger partial charge in [-0.25, -0.2) is 4.39 Å². The lowest BCUT2D eigenvalue weighted by molar-refractivity contribution is 0.259. The van der Waals surface area contributed by atoms with Crippen LogP contribution in [0.2, 0.25) is 0 Å². The molecular weight excluding hydrogens is 303 g/mol. The first-order chi connectivity index (χ1) is 10.4. The summed E-state index contributed by atoms with van der Waals surface area (Å²) >= 11 is 0. The van der Waals surface area contributed by atoms with Crippen molar-refractivity contribution in [1.29, 1.82) is 0 Å². The predicted octanol–water partition coefficient (Wildman–Crippen LogP) is 3.04. The van der Waals surface area contributed by atoms with Crippen molar-refractivity contribution < 1.29 is 12.8 Å². The van der Waals surface area contributed by atoms with E-state index in [0.29, 0.717) is 24.3 Å². The minimum atomic E-state index is -3.59. The second-order valence-corrected chi connectivity index (χ2v) is 8.42. The molecule has 0 saturated heterocycles. The summed E-state index contributed by atoms with van der Waals surface area (Å²) in [4.78, 5) is 0. The van der Waals surface area contributed by atoms with Crippen molar-refractivity contribution in [2.75, 3.05) is 24.4 Å². The smallest absolute Gasteiger partial charge is 0.256 e. The normalized spacial score (nSPS) is 19.5. The largest absolute Gasteiger partial charge is 0.303 e. The minimum Gasteiger partial charge on any atom is -0.256 e. The zero-order chi connectivity index (χ0) is 16.0. The second-order valence-electron chi connectivity index (χ2n) is 6.46. The summed E-state index contributed by atoms with van der Waals surface area (Å²) < 4.78 is 42.9. The Morgan fingerprint density at radius 3 is 2.68 bits per heavy atom. The summed E-state index contributed by atoms with van der Waals surface area (Å²) in [5, 5.41) is 0. The summed E-state index contributed by atoms with van der Waals surface area (Å²) in [7, 11) is -1.98. The van der Waals surface area contributed by atoms with Gasteiger partial charge >= 0.3 is 10.2 Å². The van der Waals surface area contributed by atoms with E-state index < -0.39 is 10.2 Å². The van der Waals surface area contributed by atoms with E-state index in [1.54, 1.807) is 19.2 Å². The zero-order valence-corrected chi connectivity index (χ0v) is 14.0. The molecule has 2 aliphatic rings. The molecule has 0 bridgehead atoms. The number of rotatable bonds is 5. The molecule has 1 aliphatic carbocycles. The first-order valence-electron chi connectivity index (χ1n) is 7.95. The number of nitrogens with zero attached hydrogens (tertiary/aromatic N) is 2. The minimum absolute atomic E-state index is 0.272. The molecule has 122 valence electrons. The molecule has 1 saturated carbocycles. The predicted molar refractivity (Wildman–Crippen MR) is 85.7 cm³/mol. The number of benzene rings is 1. The van der Waals surface area contributed by atoms with Crippen molar-refractivity contribution in [1.82, 2.24) is 4.31 Å². The van der Waals surface area contributed by atoms with Gasteiger partial charge in [0.1, 0.15) is 5.82 Å². The maximum Gasteiger partial charge on any atom is 0.303 e. The number of hydrogen-bond acceptors (Lipinski definition) is 2. The molecule has 1 aromatic rings. The summed E-state index contributed by atoms with van der Waals surface area (Å²) in [6, 6.07) is 4.77. The Balaban J connectivity index is 1.99. The van der Waals surface area contributed by atoms with Crippen LogP contribution >= 0.6 is 0 Å². The van der Waals surface area contributed by atoms with Crippen LogP contribution in [0.15, 0.2) is 18.2 Å². The average molecular weight is 326 g/mol. The van der Waals surface area contributed by atoms with Crippen LogP contribution in [0.4, 0.5) is 10.1 Å². The van der Waals surface area contributed by atoms with Gasteiger partial charge in [0.2, 0.25) is 0 Å². The third kappa shape index (κ3) is 2.24. The Morgan fingerprint density at radius 1 is 1.36 bits per heavy atom. The van der Waals surface area contributed by atoms with Crippen LogP contribution in [0, 0.1) is 5.82 Å². The van der Waals surface area contributed by atoms with Crippen LogP contribution in [0.3, 0.4) is 0 Å². The van der Waals surface area contributed by atoms with E-state index in [-0.39, 0.29) is 11.2 Å². The van der Waals surface area contributed by atoms with Gasteiger partial charge in [0.15, 0.2) is 0 Å². The van der Waals surface area contributed by atoms with Gasteiger partial charge in [-0.15, -0.1) is 0 Å². The van der Waals surface area contributed by atoms with Gasteiger partial charge < -0.3 is 0 Å². The van der Waals surface area contributed by atoms with Crippen LogP contribution in [0.1, 0.15) is 44.6 Å². The summed E-state index contributed by atoms with van der Waals surface area (Å²) in [6.45, 7) is 2.90. The van der Waals surface area contributed by atoms with E-state index in [2.05, 4.69) is 0 Å². The van der Waals surface area contributed by atoms with Crippen LogP contribution in [-0.2, 0) is 15.6 Å². The Labute approximate surface area is 132 Å². The Bertz CT molecular complexity index is 671. The van der Waals surface area contributed by atoms with Crippen molar-refractivity contribution in [2.45, 2.75) is 44.4 Å². The molecule has 0 N–H and O–H groups in total. The van der Waals surface area contributed by atoms with Crippen molar-refractivity contribution in [3.63, 3.8) is 0 Å². The lowest BCUT2D eigenvalue weighted by Crippen LogP contribution is -2.46. The van der Waals surface area contributed by atoms with Crippen LogP contribution < -0.4 is 4.31 Å². The van der Waals surface area contributed by atoms with Gasteiger partial charge in [0.05, 0.1) is 5.69 Å². The van der Waals surface area contributed by atoms with Crippen molar-refractivity contribution in [2.24, 2.45) is 0 Å². The zero-order valence-electron chi connectivity index (χ0n) is 13.2. The number of hydrogen-bond donors (Lipinski definition) is 0. The summed E-state index contributed by atoms with van der Waals surface area (Å²) in [5.74, 6) is -0.272. The van der Waals surface area contributed by atoms with E-state index in [4.69, 9.17) is 0 Å². The van der Waals surface area contributed by atoms with Crippen LogP contribution in [0.25, 0.3) is 0 Å². The fourth-order valence-electron chi connectivity index (χ4n) is 3.57. The van der Waals surface area contributed by atoms with Gasteiger partial charge in [-0.05, 0) is 31.4 Å². The standard InChI is InChI=1S/C16H23FN2O2S/c1-3-4-11-18(2)22(20,21)19-12-16(9-6-10-16)15-13(17)7-5-8-14(15)19/h5,7-8H,3-4,6,9-12H2,1-2H3. The summed E-state index contributed by atoms with van der Waals surface area (Å²) in [5.41, 5.74) is 0.830. The van der Waals surface area contributed by atoms with E-state index in [1.807, 2.05) is 6.92 Å².